The summed E-state index contributed by atoms with van der Waals surface area (Å²) in [5.41, 5.74) is 2.72. The molecule has 1 amide bonds. The van der Waals surface area contributed by atoms with Crippen molar-refractivity contribution in [1.29, 1.82) is 0 Å². The number of amides is 1. The Kier molecular flexibility index (Phi) is 3.71. The normalized spacial score (nSPS) is 17.1. The van der Waals surface area contributed by atoms with Crippen LogP contribution in [0.3, 0.4) is 0 Å². The molecule has 0 bridgehead atoms. The van der Waals surface area contributed by atoms with Crippen LogP contribution >= 0.6 is 0 Å². The predicted molar refractivity (Wildman–Crippen MR) is 73.4 cm³/mol. The Hall–Kier alpha value is -1.35. The first-order valence-electron chi connectivity index (χ1n) is 6.55. The molecule has 1 saturated heterocycles. The van der Waals surface area contributed by atoms with Gasteiger partial charge in [0, 0.05) is 19.6 Å². The summed E-state index contributed by atoms with van der Waals surface area (Å²) in [4.78, 5) is 13.6. The molecular weight excluding hydrogens is 224 g/mol. The standard InChI is InChI=1S/C15H22N2O/c1-15(2,3)13-6-4-12(5-7-13)11-17-9-8-16-10-14(17)18/h4-7,16H,8-11H2,1-3H3. The Morgan fingerprint density at radius 3 is 2.44 bits per heavy atom. The van der Waals surface area contributed by atoms with Gasteiger partial charge in [-0.15, -0.1) is 0 Å². The van der Waals surface area contributed by atoms with Crippen LogP contribution in [-0.2, 0) is 16.8 Å². The van der Waals surface area contributed by atoms with Gasteiger partial charge in [0.1, 0.15) is 0 Å². The molecule has 0 radical (unpaired) electrons. The van der Waals surface area contributed by atoms with E-state index >= 15 is 0 Å². The van der Waals surface area contributed by atoms with Crippen LogP contribution < -0.4 is 5.32 Å². The van der Waals surface area contributed by atoms with E-state index in [0.29, 0.717) is 6.54 Å². The smallest absolute Gasteiger partial charge is 0.236 e. The molecule has 0 aliphatic carbocycles. The fourth-order valence-electron chi connectivity index (χ4n) is 2.14. The molecular formula is C15H22N2O. The third-order valence-corrected chi connectivity index (χ3v) is 3.38. The monoisotopic (exact) mass is 246 g/mol. The minimum absolute atomic E-state index is 0.184. The van der Waals surface area contributed by atoms with E-state index in [0.717, 1.165) is 19.6 Å². The first-order chi connectivity index (χ1) is 8.47. The van der Waals surface area contributed by atoms with Gasteiger partial charge in [0.2, 0.25) is 5.91 Å². The quantitative estimate of drug-likeness (QED) is 0.864. The third-order valence-electron chi connectivity index (χ3n) is 3.38. The predicted octanol–water partition coefficient (Wildman–Crippen LogP) is 1.92. The molecule has 1 heterocycles. The Morgan fingerprint density at radius 2 is 1.89 bits per heavy atom. The van der Waals surface area contributed by atoms with Crippen LogP contribution in [0.2, 0.25) is 0 Å². The van der Waals surface area contributed by atoms with Gasteiger partial charge in [-0.3, -0.25) is 4.79 Å². The van der Waals surface area contributed by atoms with Crippen molar-refractivity contribution in [2.45, 2.75) is 32.7 Å². The van der Waals surface area contributed by atoms with Crippen molar-refractivity contribution in [2.75, 3.05) is 19.6 Å². The molecule has 0 atom stereocenters. The molecule has 2 rings (SSSR count). The average Bonchev–Trinajstić information content (AvgIpc) is 2.32. The van der Waals surface area contributed by atoms with Crippen LogP contribution in [0.5, 0.6) is 0 Å². The van der Waals surface area contributed by atoms with Crippen molar-refractivity contribution in [3.05, 3.63) is 35.4 Å². The van der Waals surface area contributed by atoms with Gasteiger partial charge in [-0.25, -0.2) is 0 Å². The maximum atomic E-state index is 11.7. The summed E-state index contributed by atoms with van der Waals surface area (Å²) < 4.78 is 0. The fourth-order valence-corrected chi connectivity index (χ4v) is 2.14. The molecule has 98 valence electrons. The molecule has 3 heteroatoms. The van der Waals surface area contributed by atoms with Crippen molar-refractivity contribution in [3.8, 4) is 0 Å². The maximum Gasteiger partial charge on any atom is 0.236 e. The molecule has 1 aromatic rings. The van der Waals surface area contributed by atoms with Gasteiger partial charge >= 0.3 is 0 Å². The second kappa shape index (κ2) is 5.11. The topological polar surface area (TPSA) is 32.3 Å². The van der Waals surface area contributed by atoms with Gasteiger partial charge in [0.05, 0.1) is 6.54 Å². The van der Waals surface area contributed by atoms with Crippen LogP contribution in [0.1, 0.15) is 31.9 Å². The summed E-state index contributed by atoms with van der Waals surface area (Å²) in [6, 6.07) is 8.61. The Morgan fingerprint density at radius 1 is 1.22 bits per heavy atom. The van der Waals surface area contributed by atoms with Crippen molar-refractivity contribution < 1.29 is 4.79 Å². The minimum Gasteiger partial charge on any atom is -0.336 e. The van der Waals surface area contributed by atoms with E-state index in [1.54, 1.807) is 0 Å². The van der Waals surface area contributed by atoms with Gasteiger partial charge in [-0.1, -0.05) is 45.0 Å². The van der Waals surface area contributed by atoms with Gasteiger partial charge in [0.15, 0.2) is 0 Å². The number of hydrogen-bond acceptors (Lipinski definition) is 2. The number of carbonyl (C=O) groups is 1. The summed E-state index contributed by atoms with van der Waals surface area (Å²) >= 11 is 0. The molecule has 1 aliphatic rings. The van der Waals surface area contributed by atoms with Crippen molar-refractivity contribution in [3.63, 3.8) is 0 Å². The lowest BCUT2D eigenvalue weighted by Gasteiger charge is -2.27. The zero-order valence-corrected chi connectivity index (χ0v) is 11.5. The summed E-state index contributed by atoms with van der Waals surface area (Å²) in [5.74, 6) is 0.196. The minimum atomic E-state index is 0.184. The van der Waals surface area contributed by atoms with E-state index in [4.69, 9.17) is 0 Å². The Balaban J connectivity index is 2.04. The van der Waals surface area contributed by atoms with E-state index in [2.05, 4.69) is 50.4 Å². The van der Waals surface area contributed by atoms with Crippen LogP contribution in [0.4, 0.5) is 0 Å². The largest absolute Gasteiger partial charge is 0.336 e. The maximum absolute atomic E-state index is 11.7. The number of nitrogens with one attached hydrogen (secondary N) is 1. The highest BCUT2D eigenvalue weighted by Gasteiger charge is 2.18. The Bertz CT molecular complexity index is 417. The summed E-state index contributed by atoms with van der Waals surface area (Å²) in [6.45, 7) is 9.53. The molecule has 1 fully saturated rings. The first-order valence-corrected chi connectivity index (χ1v) is 6.55. The number of carbonyl (C=O) groups excluding carboxylic acids is 1. The van der Waals surface area contributed by atoms with Crippen LogP contribution in [-0.4, -0.2) is 30.4 Å². The fraction of sp³-hybridized carbons (Fsp3) is 0.533. The molecule has 0 aromatic heterocycles. The van der Waals surface area contributed by atoms with Crippen molar-refractivity contribution >= 4 is 5.91 Å². The molecule has 0 spiro atoms. The highest BCUT2D eigenvalue weighted by atomic mass is 16.2. The van der Waals surface area contributed by atoms with E-state index < -0.39 is 0 Å². The number of piperazine rings is 1. The molecule has 0 unspecified atom stereocenters. The molecule has 1 aliphatic heterocycles. The summed E-state index contributed by atoms with van der Waals surface area (Å²) in [6.07, 6.45) is 0. The second-order valence-corrected chi connectivity index (χ2v) is 5.94. The number of rotatable bonds is 2. The zero-order valence-electron chi connectivity index (χ0n) is 11.5. The van der Waals surface area contributed by atoms with Gasteiger partial charge < -0.3 is 10.2 Å². The summed E-state index contributed by atoms with van der Waals surface area (Å²) in [5, 5.41) is 3.09. The van der Waals surface area contributed by atoms with Crippen LogP contribution in [0, 0.1) is 0 Å². The van der Waals surface area contributed by atoms with Crippen LogP contribution in [0.15, 0.2) is 24.3 Å². The van der Waals surface area contributed by atoms with Gasteiger partial charge in [0.25, 0.3) is 0 Å². The Labute approximate surface area is 109 Å². The lowest BCUT2D eigenvalue weighted by molar-refractivity contribution is -0.132. The third kappa shape index (κ3) is 3.10. The average molecular weight is 246 g/mol. The first kappa shape index (κ1) is 13.1. The number of hydrogen-bond donors (Lipinski definition) is 1. The second-order valence-electron chi connectivity index (χ2n) is 5.94. The zero-order chi connectivity index (χ0) is 13.2. The molecule has 1 N–H and O–H groups in total. The molecule has 1 aromatic carbocycles. The SMILES string of the molecule is CC(C)(C)c1ccc(CN2CCNCC2=O)cc1. The molecule has 3 nitrogen and oxygen atoms in total. The van der Waals surface area contributed by atoms with Crippen molar-refractivity contribution in [2.24, 2.45) is 0 Å². The summed E-state index contributed by atoms with van der Waals surface area (Å²) in [7, 11) is 0. The molecule has 18 heavy (non-hydrogen) atoms. The van der Waals surface area contributed by atoms with Crippen LogP contribution in [0.25, 0.3) is 0 Å². The molecule has 0 saturated carbocycles. The lowest BCUT2D eigenvalue weighted by Crippen LogP contribution is -2.47. The lowest BCUT2D eigenvalue weighted by atomic mass is 9.87. The highest BCUT2D eigenvalue weighted by molar-refractivity contribution is 5.78. The van der Waals surface area contributed by atoms with E-state index in [1.807, 2.05) is 4.90 Å². The van der Waals surface area contributed by atoms with E-state index in [9.17, 15) is 4.79 Å². The van der Waals surface area contributed by atoms with Gasteiger partial charge in [-0.2, -0.15) is 0 Å². The van der Waals surface area contributed by atoms with E-state index in [-0.39, 0.29) is 11.3 Å². The van der Waals surface area contributed by atoms with Gasteiger partial charge in [-0.05, 0) is 16.5 Å². The number of benzene rings is 1. The van der Waals surface area contributed by atoms with E-state index in [1.165, 1.54) is 11.1 Å². The number of nitrogens with zero attached hydrogens (tertiary/aromatic N) is 1. The van der Waals surface area contributed by atoms with Crippen molar-refractivity contribution in [1.82, 2.24) is 10.2 Å². The highest BCUT2D eigenvalue weighted by Crippen LogP contribution is 2.22.